The molecule has 0 saturated heterocycles. The molecule has 0 saturated carbocycles. The third-order valence-electron chi connectivity index (χ3n) is 4.07. The molecule has 0 bridgehead atoms. The molecule has 1 unspecified atom stereocenters. The van der Waals surface area contributed by atoms with Crippen molar-refractivity contribution in [2.45, 2.75) is 26.3 Å². The van der Waals surface area contributed by atoms with Crippen molar-refractivity contribution in [2.24, 2.45) is 0 Å². The van der Waals surface area contributed by atoms with Crippen LogP contribution in [0.5, 0.6) is 0 Å². The molecule has 26 heavy (non-hydrogen) atoms. The number of amides is 2. The molecule has 0 aliphatic heterocycles. The number of hydrogen-bond donors (Lipinski definition) is 2. The van der Waals surface area contributed by atoms with Gasteiger partial charge in [0.2, 0.25) is 0 Å². The molecule has 0 aliphatic rings. The van der Waals surface area contributed by atoms with Crippen LogP contribution in [0.3, 0.4) is 0 Å². The zero-order valence-corrected chi connectivity index (χ0v) is 15.4. The van der Waals surface area contributed by atoms with Crippen LogP contribution in [0, 0.1) is 0 Å². The molecule has 2 heterocycles. The lowest BCUT2D eigenvalue weighted by atomic mass is 10.2. The first kappa shape index (κ1) is 17.9. The summed E-state index contributed by atoms with van der Waals surface area (Å²) in [6.45, 7) is 4.12. The Labute approximate surface area is 155 Å². The van der Waals surface area contributed by atoms with Gasteiger partial charge in [-0.1, -0.05) is 13.0 Å². The van der Waals surface area contributed by atoms with Crippen LogP contribution in [0.4, 0.5) is 11.5 Å². The van der Waals surface area contributed by atoms with Crippen molar-refractivity contribution in [3.8, 4) is 0 Å². The Hall–Kier alpha value is -2.93. The minimum atomic E-state index is -0.216. The summed E-state index contributed by atoms with van der Waals surface area (Å²) in [7, 11) is 0. The first-order valence-electron chi connectivity index (χ1n) is 8.38. The van der Waals surface area contributed by atoms with E-state index >= 15 is 0 Å². The highest BCUT2D eigenvalue weighted by Crippen LogP contribution is 2.18. The highest BCUT2D eigenvalue weighted by Gasteiger charge is 2.13. The second-order valence-corrected chi connectivity index (χ2v) is 6.83. The molecule has 0 spiro atoms. The second kappa shape index (κ2) is 7.97. The molecule has 2 N–H and O–H groups in total. The van der Waals surface area contributed by atoms with Crippen LogP contribution in [0.15, 0.2) is 54.0 Å². The third-order valence-corrected chi connectivity index (χ3v) is 4.94. The number of carbonyl (C=O) groups is 2. The lowest BCUT2D eigenvalue weighted by Crippen LogP contribution is -2.17. The molecule has 134 valence electrons. The maximum Gasteiger partial charge on any atom is 0.265 e. The highest BCUT2D eigenvalue weighted by atomic mass is 32.1. The largest absolute Gasteiger partial charge is 0.321 e. The summed E-state index contributed by atoms with van der Waals surface area (Å²) in [6.07, 6.45) is 2.59. The van der Waals surface area contributed by atoms with Gasteiger partial charge in [-0.2, -0.15) is 5.10 Å². The summed E-state index contributed by atoms with van der Waals surface area (Å²) in [4.78, 5) is 25.1. The maximum absolute atomic E-state index is 12.5. The van der Waals surface area contributed by atoms with E-state index in [1.165, 1.54) is 11.3 Å². The number of hydrogen-bond acceptors (Lipinski definition) is 4. The van der Waals surface area contributed by atoms with Gasteiger partial charge in [0.1, 0.15) is 5.82 Å². The summed E-state index contributed by atoms with van der Waals surface area (Å²) < 4.78 is 1.80. The van der Waals surface area contributed by atoms with Crippen LogP contribution in [-0.2, 0) is 0 Å². The average molecular weight is 368 g/mol. The van der Waals surface area contributed by atoms with Gasteiger partial charge in [-0.3, -0.25) is 9.59 Å². The van der Waals surface area contributed by atoms with E-state index in [0.717, 1.165) is 6.42 Å². The Balaban J connectivity index is 1.66. The number of nitrogens with one attached hydrogen (secondary N) is 2. The Bertz CT molecular complexity index is 885. The molecule has 1 atom stereocenters. The quantitative estimate of drug-likeness (QED) is 0.676. The van der Waals surface area contributed by atoms with E-state index < -0.39 is 0 Å². The van der Waals surface area contributed by atoms with Gasteiger partial charge in [0, 0.05) is 17.3 Å². The van der Waals surface area contributed by atoms with Gasteiger partial charge in [-0.05, 0) is 49.1 Å². The summed E-state index contributed by atoms with van der Waals surface area (Å²) in [6, 6.07) is 12.4. The fourth-order valence-electron chi connectivity index (χ4n) is 2.43. The average Bonchev–Trinajstić information content (AvgIpc) is 3.33. The summed E-state index contributed by atoms with van der Waals surface area (Å²) in [5, 5.41) is 11.8. The van der Waals surface area contributed by atoms with E-state index in [9.17, 15) is 9.59 Å². The molecule has 6 nitrogen and oxygen atoms in total. The molecule has 1 aromatic carbocycles. The number of thiophene rings is 1. The molecule has 3 rings (SSSR count). The van der Waals surface area contributed by atoms with Crippen LogP contribution in [0.2, 0.25) is 0 Å². The molecule has 3 aromatic rings. The molecular weight excluding hydrogens is 348 g/mol. The van der Waals surface area contributed by atoms with Crippen molar-refractivity contribution in [3.63, 3.8) is 0 Å². The highest BCUT2D eigenvalue weighted by molar-refractivity contribution is 7.12. The SMILES string of the molecule is CCC(C)n1nccc1NC(=O)c1ccc(NC(=O)c2cccs2)cc1. The minimum Gasteiger partial charge on any atom is -0.321 e. The molecule has 0 aliphatic carbocycles. The molecule has 2 amide bonds. The van der Waals surface area contributed by atoms with E-state index in [2.05, 4.69) is 22.7 Å². The Morgan fingerprint density at radius 1 is 1.12 bits per heavy atom. The summed E-state index contributed by atoms with van der Waals surface area (Å²) in [5.41, 5.74) is 1.15. The zero-order chi connectivity index (χ0) is 18.5. The number of benzene rings is 1. The molecular formula is C19H20N4O2S. The van der Waals surface area contributed by atoms with E-state index in [-0.39, 0.29) is 17.9 Å². The van der Waals surface area contributed by atoms with E-state index in [4.69, 9.17) is 0 Å². The monoisotopic (exact) mass is 368 g/mol. The number of nitrogens with zero attached hydrogens (tertiary/aromatic N) is 2. The Kier molecular flexibility index (Phi) is 5.48. The van der Waals surface area contributed by atoms with Crippen molar-refractivity contribution < 1.29 is 9.59 Å². The van der Waals surface area contributed by atoms with Crippen molar-refractivity contribution in [1.82, 2.24) is 9.78 Å². The molecule has 7 heteroatoms. The van der Waals surface area contributed by atoms with E-state index in [1.807, 2.05) is 18.4 Å². The fourth-order valence-corrected chi connectivity index (χ4v) is 3.05. The zero-order valence-electron chi connectivity index (χ0n) is 14.6. The molecule has 0 fully saturated rings. The van der Waals surface area contributed by atoms with Gasteiger partial charge in [0.25, 0.3) is 11.8 Å². The van der Waals surface area contributed by atoms with Gasteiger partial charge < -0.3 is 10.6 Å². The number of carbonyl (C=O) groups excluding carboxylic acids is 2. The number of aromatic nitrogens is 2. The topological polar surface area (TPSA) is 76.0 Å². The van der Waals surface area contributed by atoms with Gasteiger partial charge in [-0.25, -0.2) is 4.68 Å². The lowest BCUT2D eigenvalue weighted by molar-refractivity contribution is 0.102. The molecule has 2 aromatic heterocycles. The van der Waals surface area contributed by atoms with Crippen LogP contribution < -0.4 is 10.6 Å². The maximum atomic E-state index is 12.5. The smallest absolute Gasteiger partial charge is 0.265 e. The van der Waals surface area contributed by atoms with E-state index in [0.29, 0.717) is 21.9 Å². The standard InChI is InChI=1S/C19H20N4O2S/c1-3-13(2)23-17(10-11-20-23)22-18(24)14-6-8-15(9-7-14)21-19(25)16-5-4-12-26-16/h4-13H,3H2,1-2H3,(H,21,25)(H,22,24). The van der Waals surface area contributed by atoms with Gasteiger partial charge in [0.15, 0.2) is 0 Å². The summed E-state index contributed by atoms with van der Waals surface area (Å²) in [5.74, 6) is 0.292. The lowest BCUT2D eigenvalue weighted by Gasteiger charge is -2.14. The normalized spacial score (nSPS) is 11.8. The Morgan fingerprint density at radius 2 is 1.88 bits per heavy atom. The van der Waals surface area contributed by atoms with Crippen molar-refractivity contribution >= 4 is 34.7 Å². The van der Waals surface area contributed by atoms with Crippen LogP contribution in [0.1, 0.15) is 46.3 Å². The summed E-state index contributed by atoms with van der Waals surface area (Å²) >= 11 is 1.38. The van der Waals surface area contributed by atoms with Gasteiger partial charge in [0.05, 0.1) is 17.1 Å². The fraction of sp³-hybridized carbons (Fsp3) is 0.211. The molecule has 0 radical (unpaired) electrons. The second-order valence-electron chi connectivity index (χ2n) is 5.88. The minimum absolute atomic E-state index is 0.158. The van der Waals surface area contributed by atoms with Crippen LogP contribution in [0.25, 0.3) is 0 Å². The number of anilines is 2. The van der Waals surface area contributed by atoms with Crippen LogP contribution >= 0.6 is 11.3 Å². The first-order valence-corrected chi connectivity index (χ1v) is 9.26. The van der Waals surface area contributed by atoms with Crippen molar-refractivity contribution in [3.05, 3.63) is 64.5 Å². The third kappa shape index (κ3) is 4.00. The van der Waals surface area contributed by atoms with Gasteiger partial charge >= 0.3 is 0 Å². The Morgan fingerprint density at radius 3 is 2.54 bits per heavy atom. The van der Waals surface area contributed by atoms with Crippen molar-refractivity contribution in [2.75, 3.05) is 10.6 Å². The van der Waals surface area contributed by atoms with E-state index in [1.54, 1.807) is 47.3 Å². The predicted molar refractivity (Wildman–Crippen MR) is 104 cm³/mol. The number of rotatable bonds is 6. The predicted octanol–water partition coefficient (Wildman–Crippen LogP) is 4.42. The van der Waals surface area contributed by atoms with Crippen LogP contribution in [-0.4, -0.2) is 21.6 Å². The first-order chi connectivity index (χ1) is 12.6. The van der Waals surface area contributed by atoms with Crippen molar-refractivity contribution in [1.29, 1.82) is 0 Å². The van der Waals surface area contributed by atoms with Gasteiger partial charge in [-0.15, -0.1) is 11.3 Å².